The predicted octanol–water partition coefficient (Wildman–Crippen LogP) is 4.33. The van der Waals surface area contributed by atoms with Gasteiger partial charge in [0.25, 0.3) is 0 Å². The molecule has 0 aliphatic heterocycles. The topological polar surface area (TPSA) is 15.3 Å². The molecule has 0 spiro atoms. The predicted molar refractivity (Wildman–Crippen MR) is 91.7 cm³/mol. The molecule has 0 bridgehead atoms. The summed E-state index contributed by atoms with van der Waals surface area (Å²) in [7, 11) is 0. The first-order valence-electron chi connectivity index (χ1n) is 8.54. The van der Waals surface area contributed by atoms with Crippen LogP contribution in [0.3, 0.4) is 0 Å². The summed E-state index contributed by atoms with van der Waals surface area (Å²) in [5.41, 5.74) is 2.95. The van der Waals surface area contributed by atoms with E-state index in [-0.39, 0.29) is 0 Å². The third-order valence-corrected chi connectivity index (χ3v) is 5.39. The third kappa shape index (κ3) is 4.01. The van der Waals surface area contributed by atoms with Gasteiger partial charge in [-0.1, -0.05) is 22.0 Å². The van der Waals surface area contributed by atoms with Crippen molar-refractivity contribution in [3.8, 4) is 0 Å². The summed E-state index contributed by atoms with van der Waals surface area (Å²) in [5.74, 6) is 1.90. The van der Waals surface area contributed by atoms with E-state index in [1.807, 2.05) is 0 Å². The van der Waals surface area contributed by atoms with Crippen LogP contribution in [-0.2, 0) is 6.54 Å². The van der Waals surface area contributed by atoms with Gasteiger partial charge in [0.2, 0.25) is 0 Å². The van der Waals surface area contributed by atoms with Gasteiger partial charge in [0, 0.05) is 35.8 Å². The highest BCUT2D eigenvalue weighted by molar-refractivity contribution is 9.10. The molecule has 114 valence electrons. The van der Waals surface area contributed by atoms with Gasteiger partial charge in [0.05, 0.1) is 0 Å². The summed E-state index contributed by atoms with van der Waals surface area (Å²) in [6.45, 7) is 3.56. The maximum absolute atomic E-state index is 3.68. The molecule has 3 aliphatic carbocycles. The summed E-state index contributed by atoms with van der Waals surface area (Å²) in [5, 5.41) is 3.68. The zero-order chi connectivity index (χ0) is 14.2. The second-order valence-corrected chi connectivity index (χ2v) is 8.14. The van der Waals surface area contributed by atoms with Crippen molar-refractivity contribution < 1.29 is 0 Å². The average Bonchev–Trinajstić information content (AvgIpc) is 3.33. The first-order valence-corrected chi connectivity index (χ1v) is 9.34. The Morgan fingerprint density at radius 3 is 2.24 bits per heavy atom. The SMILES string of the molecule is Brc1ccc(CNC2CC2)c(N(CC2CC2)CC2CC2)c1. The molecule has 0 radical (unpaired) electrons. The van der Waals surface area contributed by atoms with Gasteiger partial charge in [-0.15, -0.1) is 0 Å². The number of hydrogen-bond acceptors (Lipinski definition) is 2. The van der Waals surface area contributed by atoms with E-state index in [2.05, 4.69) is 44.3 Å². The normalized spacial score (nSPS) is 21.6. The van der Waals surface area contributed by atoms with Crippen LogP contribution in [0.4, 0.5) is 5.69 Å². The van der Waals surface area contributed by atoms with Crippen molar-refractivity contribution in [3.05, 3.63) is 28.2 Å². The minimum Gasteiger partial charge on any atom is -0.371 e. The lowest BCUT2D eigenvalue weighted by molar-refractivity contribution is 0.658. The Labute approximate surface area is 136 Å². The van der Waals surface area contributed by atoms with Crippen molar-refractivity contribution in [2.75, 3.05) is 18.0 Å². The van der Waals surface area contributed by atoms with E-state index in [1.165, 1.54) is 67.3 Å². The number of halogens is 1. The molecule has 1 aromatic rings. The van der Waals surface area contributed by atoms with E-state index in [9.17, 15) is 0 Å². The Morgan fingerprint density at radius 1 is 1.00 bits per heavy atom. The van der Waals surface area contributed by atoms with E-state index in [0.717, 1.165) is 24.4 Å². The highest BCUT2D eigenvalue weighted by atomic mass is 79.9. The molecular weight excluding hydrogens is 324 g/mol. The zero-order valence-electron chi connectivity index (χ0n) is 12.7. The van der Waals surface area contributed by atoms with Crippen LogP contribution in [-0.4, -0.2) is 19.1 Å². The maximum Gasteiger partial charge on any atom is 0.0423 e. The van der Waals surface area contributed by atoms with E-state index in [4.69, 9.17) is 0 Å². The van der Waals surface area contributed by atoms with Gasteiger partial charge in [-0.3, -0.25) is 0 Å². The molecule has 3 heteroatoms. The van der Waals surface area contributed by atoms with Crippen LogP contribution in [0.5, 0.6) is 0 Å². The molecule has 0 heterocycles. The van der Waals surface area contributed by atoms with Crippen molar-refractivity contribution in [2.24, 2.45) is 11.8 Å². The van der Waals surface area contributed by atoms with Gasteiger partial charge in [-0.05, 0) is 68.1 Å². The molecule has 4 rings (SSSR count). The molecular formula is C18H25BrN2. The number of rotatable bonds is 8. The molecule has 21 heavy (non-hydrogen) atoms. The highest BCUT2D eigenvalue weighted by Crippen LogP contribution is 2.37. The molecule has 2 nitrogen and oxygen atoms in total. The van der Waals surface area contributed by atoms with Crippen LogP contribution >= 0.6 is 15.9 Å². The van der Waals surface area contributed by atoms with Gasteiger partial charge in [-0.2, -0.15) is 0 Å². The Balaban J connectivity index is 1.53. The first-order chi connectivity index (χ1) is 10.3. The number of benzene rings is 1. The van der Waals surface area contributed by atoms with Crippen molar-refractivity contribution >= 4 is 21.6 Å². The number of hydrogen-bond donors (Lipinski definition) is 1. The maximum atomic E-state index is 3.68. The summed E-state index contributed by atoms with van der Waals surface area (Å²) >= 11 is 3.67. The zero-order valence-corrected chi connectivity index (χ0v) is 14.2. The van der Waals surface area contributed by atoms with Gasteiger partial charge >= 0.3 is 0 Å². The van der Waals surface area contributed by atoms with Crippen molar-refractivity contribution in [3.63, 3.8) is 0 Å². The van der Waals surface area contributed by atoms with E-state index in [0.29, 0.717) is 0 Å². The second kappa shape index (κ2) is 5.92. The van der Waals surface area contributed by atoms with Crippen LogP contribution in [0, 0.1) is 11.8 Å². The fraction of sp³-hybridized carbons (Fsp3) is 0.667. The van der Waals surface area contributed by atoms with Crippen molar-refractivity contribution in [1.29, 1.82) is 0 Å². The molecule has 0 unspecified atom stereocenters. The molecule has 0 aromatic heterocycles. The summed E-state index contributed by atoms with van der Waals surface area (Å²) in [6, 6.07) is 7.62. The first kappa shape index (κ1) is 14.1. The largest absolute Gasteiger partial charge is 0.371 e. The lowest BCUT2D eigenvalue weighted by Gasteiger charge is -2.28. The van der Waals surface area contributed by atoms with Crippen LogP contribution in [0.15, 0.2) is 22.7 Å². The Bertz CT molecular complexity index is 490. The Morgan fingerprint density at radius 2 is 1.67 bits per heavy atom. The van der Waals surface area contributed by atoms with Crippen LogP contribution in [0.2, 0.25) is 0 Å². The van der Waals surface area contributed by atoms with Crippen LogP contribution in [0.25, 0.3) is 0 Å². The lowest BCUT2D eigenvalue weighted by atomic mass is 10.1. The molecule has 3 fully saturated rings. The minimum absolute atomic E-state index is 0.779. The summed E-state index contributed by atoms with van der Waals surface area (Å²) in [4.78, 5) is 2.68. The van der Waals surface area contributed by atoms with Gasteiger partial charge in [0.1, 0.15) is 0 Å². The molecule has 1 N–H and O–H groups in total. The fourth-order valence-electron chi connectivity index (χ4n) is 3.02. The van der Waals surface area contributed by atoms with Gasteiger partial charge in [0.15, 0.2) is 0 Å². The second-order valence-electron chi connectivity index (χ2n) is 7.22. The standard InChI is InChI=1S/C18H25BrN2/c19-16-6-5-15(10-20-17-7-8-17)18(9-16)21(11-13-1-2-13)12-14-3-4-14/h5-6,9,13-14,17,20H,1-4,7-8,10-12H2. The average molecular weight is 349 g/mol. The smallest absolute Gasteiger partial charge is 0.0423 e. The van der Waals surface area contributed by atoms with Gasteiger partial charge in [-0.25, -0.2) is 0 Å². The molecule has 0 atom stereocenters. The Hall–Kier alpha value is -0.540. The van der Waals surface area contributed by atoms with Crippen LogP contribution < -0.4 is 10.2 Å². The molecule has 3 saturated carbocycles. The summed E-state index contributed by atoms with van der Waals surface area (Å²) < 4.78 is 1.21. The quantitative estimate of drug-likeness (QED) is 0.752. The monoisotopic (exact) mass is 348 g/mol. The fourth-order valence-corrected chi connectivity index (χ4v) is 3.37. The van der Waals surface area contributed by atoms with Crippen molar-refractivity contribution in [1.82, 2.24) is 5.32 Å². The van der Waals surface area contributed by atoms with Crippen molar-refractivity contribution in [2.45, 2.75) is 51.1 Å². The number of anilines is 1. The molecule has 3 aliphatic rings. The van der Waals surface area contributed by atoms with Gasteiger partial charge < -0.3 is 10.2 Å². The van der Waals surface area contributed by atoms with Crippen LogP contribution in [0.1, 0.15) is 44.1 Å². The van der Waals surface area contributed by atoms with E-state index >= 15 is 0 Å². The van der Waals surface area contributed by atoms with E-state index < -0.39 is 0 Å². The number of nitrogens with one attached hydrogen (secondary N) is 1. The molecule has 1 aromatic carbocycles. The number of nitrogens with zero attached hydrogens (tertiary/aromatic N) is 1. The van der Waals surface area contributed by atoms with E-state index in [1.54, 1.807) is 0 Å². The third-order valence-electron chi connectivity index (χ3n) is 4.90. The molecule has 0 saturated heterocycles. The minimum atomic E-state index is 0.779. The Kier molecular flexibility index (Phi) is 3.97. The lowest BCUT2D eigenvalue weighted by Crippen LogP contribution is -2.30. The highest BCUT2D eigenvalue weighted by Gasteiger charge is 2.30. The summed E-state index contributed by atoms with van der Waals surface area (Å²) in [6.07, 6.45) is 8.46. The molecule has 0 amide bonds.